The first-order chi connectivity index (χ1) is 14.7. The lowest BCUT2D eigenvalue weighted by atomic mass is 10.2. The minimum absolute atomic E-state index is 0.0932. The molecule has 2 aromatic carbocycles. The van der Waals surface area contributed by atoms with Gasteiger partial charge >= 0.3 is 0 Å². The molecular weight excluding hydrogens is 424 g/mol. The Morgan fingerprint density at radius 3 is 2.90 bits per heavy atom. The minimum Gasteiger partial charge on any atom is -0.510 e. The minimum atomic E-state index is -0.0932. The first-order valence-electron chi connectivity index (χ1n) is 8.76. The van der Waals surface area contributed by atoms with E-state index in [1.165, 1.54) is 11.3 Å². The Bertz CT molecular complexity index is 1290. The van der Waals surface area contributed by atoms with Crippen molar-refractivity contribution in [2.45, 2.75) is 5.22 Å². The molecular formula is C20H12N4O4S2. The molecule has 0 aliphatic carbocycles. The normalized spacial score (nSPS) is 13.3. The van der Waals surface area contributed by atoms with E-state index in [2.05, 4.69) is 15.2 Å². The van der Waals surface area contributed by atoms with Crippen molar-refractivity contribution in [3.05, 3.63) is 53.2 Å². The number of aliphatic hydroxyl groups is 1. The highest BCUT2D eigenvalue weighted by Gasteiger charge is 2.18. The maximum absolute atomic E-state index is 10.5. The molecule has 1 aliphatic heterocycles. The van der Waals surface area contributed by atoms with Gasteiger partial charge in [-0.3, -0.25) is 0 Å². The van der Waals surface area contributed by atoms with Crippen LogP contribution < -0.4 is 9.47 Å². The third-order valence-corrected chi connectivity index (χ3v) is 6.15. The number of thioether (sulfide) groups is 1. The van der Waals surface area contributed by atoms with E-state index in [0.29, 0.717) is 28.0 Å². The number of hydrogen-bond donors (Lipinski definition) is 1. The molecule has 4 aromatic rings. The van der Waals surface area contributed by atoms with Crippen LogP contribution in [0.15, 0.2) is 57.9 Å². The van der Waals surface area contributed by atoms with Crippen molar-refractivity contribution in [1.29, 1.82) is 5.26 Å². The van der Waals surface area contributed by atoms with Crippen LogP contribution in [0.4, 0.5) is 0 Å². The van der Waals surface area contributed by atoms with Gasteiger partial charge < -0.3 is 19.0 Å². The number of aromatic nitrogens is 3. The van der Waals surface area contributed by atoms with Crippen molar-refractivity contribution in [2.24, 2.45) is 0 Å². The summed E-state index contributed by atoms with van der Waals surface area (Å²) >= 11 is 2.49. The van der Waals surface area contributed by atoms with Crippen LogP contribution in [0.2, 0.25) is 0 Å². The molecule has 0 bridgehead atoms. The summed E-state index contributed by atoms with van der Waals surface area (Å²) in [7, 11) is 0. The molecule has 1 N–H and O–H groups in total. The highest BCUT2D eigenvalue weighted by molar-refractivity contribution is 7.99. The quantitative estimate of drug-likeness (QED) is 0.271. The van der Waals surface area contributed by atoms with E-state index in [1.807, 2.05) is 30.3 Å². The van der Waals surface area contributed by atoms with E-state index >= 15 is 0 Å². The molecule has 1 aliphatic rings. The fourth-order valence-electron chi connectivity index (χ4n) is 2.83. The van der Waals surface area contributed by atoms with Crippen LogP contribution in [0.1, 0.15) is 5.01 Å². The van der Waals surface area contributed by atoms with Gasteiger partial charge in [0.1, 0.15) is 22.4 Å². The molecule has 10 heteroatoms. The Labute approximate surface area is 178 Å². The molecule has 0 amide bonds. The summed E-state index contributed by atoms with van der Waals surface area (Å²) in [6, 6.07) is 15.0. The predicted molar refractivity (Wildman–Crippen MR) is 111 cm³/mol. The van der Waals surface area contributed by atoms with Crippen molar-refractivity contribution in [3.8, 4) is 29.0 Å². The summed E-state index contributed by atoms with van der Waals surface area (Å²) < 4.78 is 17.3. The van der Waals surface area contributed by atoms with Gasteiger partial charge in [0.05, 0.1) is 16.0 Å². The number of rotatable bonds is 5. The average molecular weight is 436 g/mol. The van der Waals surface area contributed by atoms with Gasteiger partial charge in [-0.1, -0.05) is 23.9 Å². The van der Waals surface area contributed by atoms with E-state index in [1.54, 1.807) is 18.2 Å². The molecule has 0 radical (unpaired) electrons. The third-order valence-electron chi connectivity index (χ3n) is 4.27. The first kappa shape index (κ1) is 18.5. The standard InChI is InChI=1S/C20H12N4O4S2/c21-8-12(19-22-13-3-1-2-4-17(13)30-19)14(25)9-29-20-24-23-18(28-20)11-5-6-15-16(7-11)27-10-26-15/h1-7,25H,9-10H2/b14-12-. The smallest absolute Gasteiger partial charge is 0.277 e. The number of allylic oxidation sites excluding steroid dienone is 1. The highest BCUT2D eigenvalue weighted by atomic mass is 32.2. The molecule has 148 valence electrons. The summed E-state index contributed by atoms with van der Waals surface area (Å²) in [6.45, 7) is 0.186. The van der Waals surface area contributed by atoms with Gasteiger partial charge in [0.2, 0.25) is 12.7 Å². The van der Waals surface area contributed by atoms with Crippen molar-refractivity contribution in [3.63, 3.8) is 0 Å². The number of nitrogens with zero attached hydrogens (tertiary/aromatic N) is 4. The summed E-state index contributed by atoms with van der Waals surface area (Å²) in [5, 5.41) is 28.8. The number of ether oxygens (including phenoxy) is 2. The molecule has 2 aromatic heterocycles. The van der Waals surface area contributed by atoms with E-state index in [0.717, 1.165) is 22.0 Å². The van der Waals surface area contributed by atoms with Crippen LogP contribution in [0, 0.1) is 11.3 Å². The van der Waals surface area contributed by atoms with Crippen molar-refractivity contribution in [2.75, 3.05) is 12.5 Å². The van der Waals surface area contributed by atoms with Crippen LogP contribution >= 0.6 is 23.1 Å². The summed E-state index contributed by atoms with van der Waals surface area (Å²) in [4.78, 5) is 4.43. The number of fused-ring (bicyclic) bond motifs is 2. The van der Waals surface area contributed by atoms with Gasteiger partial charge in [0, 0.05) is 5.56 Å². The molecule has 0 spiro atoms. The Hall–Kier alpha value is -3.55. The summed E-state index contributed by atoms with van der Waals surface area (Å²) in [5.41, 5.74) is 1.63. The summed E-state index contributed by atoms with van der Waals surface area (Å²) in [6.07, 6.45) is 0. The number of hydrogen-bond acceptors (Lipinski definition) is 10. The zero-order valence-corrected chi connectivity index (χ0v) is 16.9. The molecule has 5 rings (SSSR count). The van der Waals surface area contributed by atoms with Crippen LogP contribution in [-0.4, -0.2) is 32.8 Å². The van der Waals surface area contributed by atoms with Gasteiger partial charge in [-0.15, -0.1) is 21.5 Å². The molecule has 3 heterocycles. The van der Waals surface area contributed by atoms with E-state index < -0.39 is 0 Å². The Kier molecular flexibility index (Phi) is 4.74. The topological polar surface area (TPSA) is 114 Å². The number of para-hydroxylation sites is 1. The van der Waals surface area contributed by atoms with Gasteiger partial charge in [-0.2, -0.15) is 5.26 Å². The monoisotopic (exact) mass is 436 g/mol. The van der Waals surface area contributed by atoms with E-state index in [-0.39, 0.29) is 29.1 Å². The van der Waals surface area contributed by atoms with Gasteiger partial charge in [-0.25, -0.2) is 4.98 Å². The van der Waals surface area contributed by atoms with Crippen molar-refractivity contribution < 1.29 is 19.0 Å². The first-order valence-corrected chi connectivity index (χ1v) is 10.6. The van der Waals surface area contributed by atoms with Crippen molar-refractivity contribution >= 4 is 38.9 Å². The van der Waals surface area contributed by atoms with Crippen molar-refractivity contribution in [1.82, 2.24) is 15.2 Å². The number of aliphatic hydroxyl groups excluding tert-OH is 1. The van der Waals surface area contributed by atoms with Gasteiger partial charge in [-0.05, 0) is 30.3 Å². The van der Waals surface area contributed by atoms with E-state index in [4.69, 9.17) is 13.9 Å². The third kappa shape index (κ3) is 3.45. The van der Waals surface area contributed by atoms with Crippen LogP contribution in [-0.2, 0) is 0 Å². The Morgan fingerprint density at radius 2 is 2.03 bits per heavy atom. The lowest BCUT2D eigenvalue weighted by Crippen LogP contribution is -1.92. The van der Waals surface area contributed by atoms with Crippen LogP contribution in [0.3, 0.4) is 0 Å². The maximum atomic E-state index is 10.5. The second-order valence-electron chi connectivity index (χ2n) is 6.15. The molecule has 8 nitrogen and oxygen atoms in total. The predicted octanol–water partition coefficient (Wildman–Crippen LogP) is 4.66. The Balaban J connectivity index is 1.33. The lowest BCUT2D eigenvalue weighted by Gasteiger charge is -2.00. The summed E-state index contributed by atoms with van der Waals surface area (Å²) in [5.74, 6) is 1.62. The molecule has 0 saturated carbocycles. The zero-order valence-electron chi connectivity index (χ0n) is 15.2. The van der Waals surface area contributed by atoms with Crippen LogP contribution in [0.5, 0.6) is 11.5 Å². The highest BCUT2D eigenvalue weighted by Crippen LogP contribution is 2.36. The average Bonchev–Trinajstić information content (AvgIpc) is 3.50. The zero-order chi connectivity index (χ0) is 20.5. The lowest BCUT2D eigenvalue weighted by molar-refractivity contribution is 0.174. The molecule has 0 fully saturated rings. The number of benzene rings is 2. The second kappa shape index (κ2) is 7.70. The Morgan fingerprint density at radius 1 is 1.17 bits per heavy atom. The largest absolute Gasteiger partial charge is 0.510 e. The molecule has 0 saturated heterocycles. The fourth-order valence-corrected chi connectivity index (χ4v) is 4.46. The SMILES string of the molecule is N#C/C(=C(/O)CSc1nnc(-c2ccc3c(c2)OCO3)o1)c1nc2ccccc2s1. The number of nitriles is 1. The number of thiazole rings is 1. The van der Waals surface area contributed by atoms with Gasteiger partial charge in [0.25, 0.3) is 5.22 Å². The molecule has 0 atom stereocenters. The molecule has 0 unspecified atom stereocenters. The fraction of sp³-hybridized carbons (Fsp3) is 0.100. The van der Waals surface area contributed by atoms with Crippen LogP contribution in [0.25, 0.3) is 27.2 Å². The maximum Gasteiger partial charge on any atom is 0.277 e. The molecule has 30 heavy (non-hydrogen) atoms. The second-order valence-corrected chi connectivity index (χ2v) is 8.11. The van der Waals surface area contributed by atoms with Gasteiger partial charge in [0.15, 0.2) is 11.5 Å². The van der Waals surface area contributed by atoms with E-state index in [9.17, 15) is 10.4 Å².